The minimum absolute atomic E-state index is 0.199. The van der Waals surface area contributed by atoms with Crippen LogP contribution in [0.3, 0.4) is 0 Å². The minimum Gasteiger partial charge on any atom is -0.490 e. The molecule has 6 nitrogen and oxygen atoms in total. The molecule has 0 bridgehead atoms. The summed E-state index contributed by atoms with van der Waals surface area (Å²) in [7, 11) is 0. The van der Waals surface area contributed by atoms with Gasteiger partial charge in [-0.3, -0.25) is 15.0 Å². The first kappa shape index (κ1) is 28.4. The zero-order valence-electron chi connectivity index (χ0n) is 20.2. The fourth-order valence-corrected chi connectivity index (χ4v) is 5.69. The van der Waals surface area contributed by atoms with E-state index in [4.69, 9.17) is 44.9 Å². The normalized spacial score (nSPS) is 14.2. The third-order valence-electron chi connectivity index (χ3n) is 5.30. The first-order valence-corrected chi connectivity index (χ1v) is 14.1. The Morgan fingerprint density at radius 1 is 1.13 bits per heavy atom. The number of carbonyl (C=O) groups excluding carboxylic acids is 2. The second kappa shape index (κ2) is 12.5. The summed E-state index contributed by atoms with van der Waals surface area (Å²) in [6.07, 6.45) is 1.68. The molecule has 3 aromatic rings. The molecule has 3 aromatic carbocycles. The van der Waals surface area contributed by atoms with Crippen molar-refractivity contribution in [1.29, 1.82) is 0 Å². The second-order valence-corrected chi connectivity index (χ2v) is 11.5. The summed E-state index contributed by atoms with van der Waals surface area (Å²) in [5, 5.41) is 1.99. The first-order valence-electron chi connectivity index (χ1n) is 11.3. The number of carbonyl (C=O) groups is 2. The Hall–Kier alpha value is -2.56. The molecule has 0 unspecified atom stereocenters. The highest BCUT2D eigenvalue weighted by molar-refractivity contribution is 9.10. The van der Waals surface area contributed by atoms with Crippen molar-refractivity contribution in [3.8, 4) is 11.5 Å². The van der Waals surface area contributed by atoms with Crippen LogP contribution in [0.2, 0.25) is 10.0 Å². The van der Waals surface area contributed by atoms with Gasteiger partial charge in [-0.1, -0.05) is 53.2 Å². The van der Waals surface area contributed by atoms with Gasteiger partial charge in [0.15, 0.2) is 15.8 Å². The van der Waals surface area contributed by atoms with Gasteiger partial charge in [0.2, 0.25) is 0 Å². The molecule has 0 atom stereocenters. The van der Waals surface area contributed by atoms with E-state index in [1.54, 1.807) is 42.5 Å². The number of ether oxygens (including phenoxy) is 2. The Kier molecular flexibility index (Phi) is 9.38. The van der Waals surface area contributed by atoms with Crippen LogP contribution >= 0.6 is 63.1 Å². The van der Waals surface area contributed by atoms with Gasteiger partial charge in [0.1, 0.15) is 6.61 Å². The topological polar surface area (TPSA) is 67.9 Å². The third kappa shape index (κ3) is 6.71. The lowest BCUT2D eigenvalue weighted by atomic mass is 10.1. The molecule has 0 aromatic heterocycles. The van der Waals surface area contributed by atoms with Crippen LogP contribution < -0.4 is 14.9 Å². The lowest BCUT2D eigenvalue weighted by Crippen LogP contribution is -2.44. The Labute approximate surface area is 248 Å². The zero-order valence-corrected chi connectivity index (χ0v) is 24.9. The maximum atomic E-state index is 13.1. The molecule has 4 rings (SSSR count). The van der Waals surface area contributed by atoms with E-state index in [2.05, 4.69) is 21.4 Å². The van der Waals surface area contributed by atoms with Crippen LogP contribution in [0.25, 0.3) is 6.08 Å². The molecule has 1 aliphatic heterocycles. The van der Waals surface area contributed by atoms with E-state index in [9.17, 15) is 9.59 Å². The van der Waals surface area contributed by atoms with Crippen LogP contribution in [0.15, 0.2) is 64.0 Å². The van der Waals surface area contributed by atoms with Crippen LogP contribution in [0.1, 0.15) is 34.0 Å². The molecule has 1 N–H and O–H groups in total. The number of halogens is 3. The standard InChI is InChI=1S/C27H21BrCl2N2O4S2/c1-3-35-22-12-17(11-20(28)24(22)36-14-16-5-7-18(29)8-6-16)13-23-26(34)32(27(37)38-23)31-25(33)19-9-4-15(2)10-21(19)30/h4-13H,3,14H2,1-2H3,(H,31,33)/b23-13+. The molecule has 1 fully saturated rings. The number of thiocarbonyl (C=S) groups is 1. The largest absolute Gasteiger partial charge is 0.490 e. The molecule has 196 valence electrons. The van der Waals surface area contributed by atoms with Gasteiger partial charge >= 0.3 is 0 Å². The highest BCUT2D eigenvalue weighted by Gasteiger charge is 2.34. The number of rotatable bonds is 8. The average molecular weight is 652 g/mol. The molecule has 1 aliphatic rings. The molecule has 38 heavy (non-hydrogen) atoms. The van der Waals surface area contributed by atoms with Crippen molar-refractivity contribution >= 4 is 85.3 Å². The predicted octanol–water partition coefficient (Wildman–Crippen LogP) is 7.59. The highest BCUT2D eigenvalue weighted by atomic mass is 79.9. The number of hydrogen-bond acceptors (Lipinski definition) is 6. The number of nitrogens with one attached hydrogen (secondary N) is 1. The van der Waals surface area contributed by atoms with E-state index in [0.29, 0.717) is 44.7 Å². The number of hydrazine groups is 1. The zero-order chi connectivity index (χ0) is 27.4. The molecule has 1 saturated heterocycles. The summed E-state index contributed by atoms with van der Waals surface area (Å²) in [5.74, 6) is 0.0680. The van der Waals surface area contributed by atoms with Gasteiger partial charge in [-0.2, -0.15) is 5.01 Å². The number of nitrogens with zero attached hydrogens (tertiary/aromatic N) is 1. The molecule has 11 heteroatoms. The van der Waals surface area contributed by atoms with E-state index in [0.717, 1.165) is 27.9 Å². The summed E-state index contributed by atoms with van der Waals surface area (Å²) >= 11 is 22.2. The van der Waals surface area contributed by atoms with Crippen LogP contribution in [-0.4, -0.2) is 27.8 Å². The SMILES string of the molecule is CCOc1cc(/C=C2/SC(=S)N(NC(=O)c3ccc(C)cc3Cl)C2=O)cc(Br)c1OCc1ccc(Cl)cc1. The third-order valence-corrected chi connectivity index (χ3v) is 7.76. The van der Waals surface area contributed by atoms with Crippen molar-refractivity contribution in [3.63, 3.8) is 0 Å². The van der Waals surface area contributed by atoms with Crippen molar-refractivity contribution in [2.45, 2.75) is 20.5 Å². The molecular formula is C27H21BrCl2N2O4S2. The quantitative estimate of drug-likeness (QED) is 0.200. The Morgan fingerprint density at radius 3 is 2.55 bits per heavy atom. The van der Waals surface area contributed by atoms with Crippen LogP contribution in [0, 0.1) is 6.92 Å². The monoisotopic (exact) mass is 650 g/mol. The van der Waals surface area contributed by atoms with E-state index >= 15 is 0 Å². The maximum Gasteiger partial charge on any atom is 0.285 e. The summed E-state index contributed by atoms with van der Waals surface area (Å²) in [4.78, 5) is 26.2. The number of hydrogen-bond donors (Lipinski definition) is 1. The number of amides is 2. The van der Waals surface area contributed by atoms with E-state index < -0.39 is 11.8 Å². The lowest BCUT2D eigenvalue weighted by molar-refractivity contribution is -0.123. The van der Waals surface area contributed by atoms with Gasteiger partial charge in [0.05, 0.1) is 26.6 Å². The van der Waals surface area contributed by atoms with Gasteiger partial charge in [-0.05, 0) is 101 Å². The fraction of sp³-hybridized carbons (Fsp3) is 0.148. The molecule has 2 amide bonds. The molecule has 0 aliphatic carbocycles. The lowest BCUT2D eigenvalue weighted by Gasteiger charge is -2.16. The van der Waals surface area contributed by atoms with Crippen molar-refractivity contribution in [1.82, 2.24) is 10.4 Å². The van der Waals surface area contributed by atoms with Crippen LogP contribution in [-0.2, 0) is 11.4 Å². The van der Waals surface area contributed by atoms with Crippen molar-refractivity contribution in [3.05, 3.63) is 96.3 Å². The van der Waals surface area contributed by atoms with Gasteiger partial charge < -0.3 is 9.47 Å². The van der Waals surface area contributed by atoms with Gasteiger partial charge in [-0.25, -0.2) is 0 Å². The predicted molar refractivity (Wildman–Crippen MR) is 160 cm³/mol. The number of thioether (sulfide) groups is 1. The summed E-state index contributed by atoms with van der Waals surface area (Å²) in [6.45, 7) is 4.48. The average Bonchev–Trinajstić information content (AvgIpc) is 3.12. The van der Waals surface area contributed by atoms with Crippen molar-refractivity contribution in [2.75, 3.05) is 6.61 Å². The van der Waals surface area contributed by atoms with Gasteiger partial charge in [0, 0.05) is 5.02 Å². The van der Waals surface area contributed by atoms with Crippen molar-refractivity contribution in [2.24, 2.45) is 0 Å². The van der Waals surface area contributed by atoms with Gasteiger partial charge in [0.25, 0.3) is 11.8 Å². The van der Waals surface area contributed by atoms with Crippen LogP contribution in [0.5, 0.6) is 11.5 Å². The van der Waals surface area contributed by atoms with E-state index in [1.165, 1.54) is 0 Å². The molecule has 0 radical (unpaired) electrons. The Morgan fingerprint density at radius 2 is 1.87 bits per heavy atom. The molecule has 0 saturated carbocycles. The smallest absolute Gasteiger partial charge is 0.285 e. The summed E-state index contributed by atoms with van der Waals surface area (Å²) in [6, 6.07) is 16.0. The minimum atomic E-state index is -0.531. The summed E-state index contributed by atoms with van der Waals surface area (Å²) in [5.41, 5.74) is 5.35. The number of benzene rings is 3. The highest BCUT2D eigenvalue weighted by Crippen LogP contribution is 2.39. The second-order valence-electron chi connectivity index (χ2n) is 8.12. The Bertz CT molecular complexity index is 1450. The molecule has 0 spiro atoms. The number of aryl methyl sites for hydroxylation is 1. The van der Waals surface area contributed by atoms with Gasteiger partial charge in [-0.15, -0.1) is 0 Å². The maximum absolute atomic E-state index is 13.1. The van der Waals surface area contributed by atoms with E-state index in [1.807, 2.05) is 32.0 Å². The molecule has 1 heterocycles. The Balaban J connectivity index is 1.53. The first-order chi connectivity index (χ1) is 18.2. The van der Waals surface area contributed by atoms with E-state index in [-0.39, 0.29) is 14.9 Å². The fourth-order valence-electron chi connectivity index (χ4n) is 3.49. The van der Waals surface area contributed by atoms with Crippen molar-refractivity contribution < 1.29 is 19.1 Å². The molecular weight excluding hydrogens is 631 g/mol. The summed E-state index contributed by atoms with van der Waals surface area (Å²) < 4.78 is 12.7. The van der Waals surface area contributed by atoms with Crippen LogP contribution in [0.4, 0.5) is 0 Å².